The molecule has 140 valence electrons. The van der Waals surface area contributed by atoms with Gasteiger partial charge in [0.15, 0.2) is 5.82 Å². The fourth-order valence-corrected chi connectivity index (χ4v) is 2.91. The van der Waals surface area contributed by atoms with Crippen molar-refractivity contribution in [2.75, 3.05) is 13.6 Å². The Morgan fingerprint density at radius 1 is 1.26 bits per heavy atom. The number of carbonyl (C=O) groups excluding carboxylic acids is 1. The summed E-state index contributed by atoms with van der Waals surface area (Å²) < 4.78 is 5.22. The number of benzene rings is 1. The van der Waals surface area contributed by atoms with Crippen molar-refractivity contribution in [1.82, 2.24) is 25.0 Å². The Kier molecular flexibility index (Phi) is 4.70. The summed E-state index contributed by atoms with van der Waals surface area (Å²) in [5.74, 6) is 1.72. The summed E-state index contributed by atoms with van der Waals surface area (Å²) in [5, 5.41) is 3.96. The molecule has 8 nitrogen and oxygen atoms in total. The van der Waals surface area contributed by atoms with Crippen LogP contribution in [0.5, 0.6) is 0 Å². The minimum Gasteiger partial charge on any atom is -0.345 e. The maximum Gasteiger partial charge on any atom is 0.270 e. The Labute approximate surface area is 155 Å². The van der Waals surface area contributed by atoms with Crippen LogP contribution in [0, 0.1) is 0 Å². The Bertz CT molecular complexity index is 1020. The average molecular weight is 367 g/mol. The lowest BCUT2D eigenvalue weighted by atomic mass is 10.2. The Hall–Kier alpha value is -3.03. The van der Waals surface area contributed by atoms with Crippen molar-refractivity contribution in [1.29, 1.82) is 0 Å². The third-order valence-corrected chi connectivity index (χ3v) is 4.75. The van der Waals surface area contributed by atoms with Crippen molar-refractivity contribution in [3.05, 3.63) is 52.0 Å². The number of rotatable bonds is 7. The molecule has 1 aliphatic carbocycles. The first-order chi connectivity index (χ1) is 13.1. The summed E-state index contributed by atoms with van der Waals surface area (Å²) in [6, 6.07) is 7.35. The van der Waals surface area contributed by atoms with Gasteiger partial charge in [0.1, 0.15) is 5.69 Å². The lowest BCUT2D eigenvalue weighted by Crippen LogP contribution is -2.30. The van der Waals surface area contributed by atoms with E-state index in [1.54, 1.807) is 18.0 Å². The molecular weight excluding hydrogens is 346 g/mol. The van der Waals surface area contributed by atoms with Crippen molar-refractivity contribution < 1.29 is 9.32 Å². The molecule has 0 bridgehead atoms. The van der Waals surface area contributed by atoms with Gasteiger partial charge >= 0.3 is 0 Å². The Morgan fingerprint density at radius 3 is 2.89 bits per heavy atom. The van der Waals surface area contributed by atoms with Crippen LogP contribution in [-0.2, 0) is 17.6 Å². The molecule has 0 radical (unpaired) electrons. The van der Waals surface area contributed by atoms with Crippen LogP contribution < -0.4 is 5.56 Å². The first-order valence-electron chi connectivity index (χ1n) is 9.14. The Balaban J connectivity index is 1.31. The van der Waals surface area contributed by atoms with E-state index in [2.05, 4.69) is 20.1 Å². The predicted molar refractivity (Wildman–Crippen MR) is 98.3 cm³/mol. The van der Waals surface area contributed by atoms with E-state index in [1.807, 2.05) is 18.2 Å². The maximum absolute atomic E-state index is 12.4. The number of hydrogen-bond acceptors (Lipinski definition) is 6. The van der Waals surface area contributed by atoms with Crippen molar-refractivity contribution >= 4 is 16.9 Å². The maximum atomic E-state index is 12.4. The van der Waals surface area contributed by atoms with E-state index < -0.39 is 0 Å². The van der Waals surface area contributed by atoms with Gasteiger partial charge in [0, 0.05) is 38.8 Å². The first-order valence-corrected chi connectivity index (χ1v) is 9.14. The molecule has 1 saturated carbocycles. The third kappa shape index (κ3) is 4.05. The lowest BCUT2D eigenvalue weighted by Gasteiger charge is -2.15. The van der Waals surface area contributed by atoms with Crippen LogP contribution in [0.15, 0.2) is 33.6 Å². The van der Waals surface area contributed by atoms with E-state index >= 15 is 0 Å². The molecule has 1 aliphatic rings. The van der Waals surface area contributed by atoms with Gasteiger partial charge < -0.3 is 14.4 Å². The van der Waals surface area contributed by atoms with Crippen LogP contribution in [0.1, 0.15) is 42.6 Å². The van der Waals surface area contributed by atoms with Crippen LogP contribution in [0.25, 0.3) is 11.0 Å². The first kappa shape index (κ1) is 17.4. The molecule has 1 amide bonds. The largest absolute Gasteiger partial charge is 0.345 e. The minimum absolute atomic E-state index is 0.0460. The number of likely N-dealkylation sites (N-methyl/N-ethyl adjacent to an activating group) is 1. The van der Waals surface area contributed by atoms with Gasteiger partial charge in [-0.05, 0) is 25.0 Å². The second kappa shape index (κ2) is 7.30. The average Bonchev–Trinajstić information content (AvgIpc) is 3.42. The lowest BCUT2D eigenvalue weighted by molar-refractivity contribution is -0.129. The smallest absolute Gasteiger partial charge is 0.270 e. The van der Waals surface area contributed by atoms with Crippen molar-refractivity contribution in [3.63, 3.8) is 0 Å². The number of nitrogens with zero attached hydrogens (tertiary/aromatic N) is 4. The van der Waals surface area contributed by atoms with Gasteiger partial charge in [0.2, 0.25) is 11.8 Å². The van der Waals surface area contributed by atoms with Crippen LogP contribution in [0.3, 0.4) is 0 Å². The fourth-order valence-electron chi connectivity index (χ4n) is 2.91. The van der Waals surface area contributed by atoms with Crippen LogP contribution >= 0.6 is 0 Å². The highest BCUT2D eigenvalue weighted by Crippen LogP contribution is 2.38. The second-order valence-corrected chi connectivity index (χ2v) is 6.92. The van der Waals surface area contributed by atoms with E-state index in [0.717, 1.165) is 18.4 Å². The topological polar surface area (TPSA) is 105 Å². The highest BCUT2D eigenvalue weighted by atomic mass is 16.5. The number of amides is 1. The van der Waals surface area contributed by atoms with Gasteiger partial charge in [-0.2, -0.15) is 4.98 Å². The fraction of sp³-hybridized carbons (Fsp3) is 0.421. The molecular formula is C19H21N5O3. The number of fused-ring (bicyclic) bond motifs is 1. The molecule has 0 aliphatic heterocycles. The van der Waals surface area contributed by atoms with Gasteiger partial charge in [-0.15, -0.1) is 0 Å². The van der Waals surface area contributed by atoms with Crippen LogP contribution in [0.4, 0.5) is 0 Å². The number of H-pyrrole nitrogens is 1. The van der Waals surface area contributed by atoms with Crippen molar-refractivity contribution in [3.8, 4) is 0 Å². The van der Waals surface area contributed by atoms with E-state index in [1.165, 1.54) is 0 Å². The molecule has 0 spiro atoms. The van der Waals surface area contributed by atoms with E-state index in [0.29, 0.717) is 48.2 Å². The molecule has 0 atom stereocenters. The third-order valence-electron chi connectivity index (χ3n) is 4.75. The predicted octanol–water partition coefficient (Wildman–Crippen LogP) is 1.82. The van der Waals surface area contributed by atoms with Gasteiger partial charge in [0.25, 0.3) is 5.56 Å². The number of para-hydroxylation sites is 2. The monoisotopic (exact) mass is 367 g/mol. The van der Waals surface area contributed by atoms with E-state index in [9.17, 15) is 9.59 Å². The van der Waals surface area contributed by atoms with Crippen LogP contribution in [0.2, 0.25) is 0 Å². The summed E-state index contributed by atoms with van der Waals surface area (Å²) in [6.45, 7) is 0.504. The second-order valence-electron chi connectivity index (χ2n) is 6.92. The molecule has 0 saturated heterocycles. The van der Waals surface area contributed by atoms with Gasteiger partial charge in [0.05, 0.1) is 11.0 Å². The normalized spacial score (nSPS) is 13.8. The molecule has 1 fully saturated rings. The SMILES string of the molecule is CN(CCc1noc(C2CC2)n1)C(=O)CCc1nc2ccccc2[nH]c1=O. The highest BCUT2D eigenvalue weighted by Gasteiger charge is 2.29. The zero-order valence-corrected chi connectivity index (χ0v) is 15.1. The molecule has 3 aromatic rings. The quantitative estimate of drug-likeness (QED) is 0.683. The molecule has 8 heteroatoms. The molecule has 0 unspecified atom stereocenters. The number of nitrogens with one attached hydrogen (secondary N) is 1. The molecule has 2 aromatic heterocycles. The van der Waals surface area contributed by atoms with Gasteiger partial charge in [-0.3, -0.25) is 9.59 Å². The van der Waals surface area contributed by atoms with E-state index in [-0.39, 0.29) is 17.9 Å². The summed E-state index contributed by atoms with van der Waals surface area (Å²) >= 11 is 0. The molecule has 27 heavy (non-hydrogen) atoms. The molecule has 4 rings (SSSR count). The number of hydrogen-bond donors (Lipinski definition) is 1. The number of carbonyl (C=O) groups is 1. The number of aromatic nitrogens is 4. The minimum atomic E-state index is -0.247. The molecule has 1 aromatic carbocycles. The number of aryl methyl sites for hydroxylation is 1. The highest BCUT2D eigenvalue weighted by molar-refractivity contribution is 5.76. The van der Waals surface area contributed by atoms with Crippen molar-refractivity contribution in [2.24, 2.45) is 0 Å². The Morgan fingerprint density at radius 2 is 2.07 bits per heavy atom. The van der Waals surface area contributed by atoms with Crippen LogP contribution in [-0.4, -0.2) is 44.5 Å². The van der Waals surface area contributed by atoms with Gasteiger partial charge in [-0.25, -0.2) is 4.98 Å². The summed E-state index contributed by atoms with van der Waals surface area (Å²) in [5.41, 5.74) is 1.54. The zero-order chi connectivity index (χ0) is 18.8. The zero-order valence-electron chi connectivity index (χ0n) is 15.1. The van der Waals surface area contributed by atoms with E-state index in [4.69, 9.17) is 4.52 Å². The van der Waals surface area contributed by atoms with Gasteiger partial charge in [-0.1, -0.05) is 17.3 Å². The molecule has 1 N–H and O–H groups in total. The summed E-state index contributed by atoms with van der Waals surface area (Å²) in [6.07, 6.45) is 3.30. The van der Waals surface area contributed by atoms with Crippen molar-refractivity contribution in [2.45, 2.75) is 38.0 Å². The number of aromatic amines is 1. The summed E-state index contributed by atoms with van der Waals surface area (Å²) in [7, 11) is 1.74. The standard InChI is InChI=1S/C19H21N5O3/c1-24(11-10-16-22-19(27-23-16)12-6-7-12)17(25)9-8-15-18(26)21-14-5-3-2-4-13(14)20-15/h2-5,12H,6-11H2,1H3,(H,21,26). The summed E-state index contributed by atoms with van der Waals surface area (Å²) in [4.78, 5) is 37.7. The molecule has 2 heterocycles.